The molecule has 1 heterocycles. The van der Waals surface area contributed by atoms with Crippen LogP contribution in [0.4, 0.5) is 13.2 Å². The summed E-state index contributed by atoms with van der Waals surface area (Å²) in [6.45, 7) is -1.49. The monoisotopic (exact) mass is 255 g/mol. The standard InChI is InChI=1S/C8H5ClF3NO3/c9-5-1-4(16-3-8(10,11)12)2-13-6(5)7(14)15/h1-2H,3H2,(H,14,15). The molecule has 16 heavy (non-hydrogen) atoms. The molecule has 0 atom stereocenters. The van der Waals surface area contributed by atoms with Crippen molar-refractivity contribution in [1.29, 1.82) is 0 Å². The van der Waals surface area contributed by atoms with E-state index in [9.17, 15) is 18.0 Å². The van der Waals surface area contributed by atoms with Crippen molar-refractivity contribution in [3.05, 3.63) is 23.0 Å². The first kappa shape index (κ1) is 12.6. The summed E-state index contributed by atoms with van der Waals surface area (Å²) in [7, 11) is 0. The number of aromatic nitrogens is 1. The van der Waals surface area contributed by atoms with Crippen molar-refractivity contribution in [1.82, 2.24) is 4.98 Å². The number of hydrogen-bond acceptors (Lipinski definition) is 3. The zero-order chi connectivity index (χ0) is 12.3. The van der Waals surface area contributed by atoms with Crippen LogP contribution in [0.1, 0.15) is 10.5 Å². The van der Waals surface area contributed by atoms with Crippen LogP contribution in [0, 0.1) is 0 Å². The van der Waals surface area contributed by atoms with Gasteiger partial charge in [-0.15, -0.1) is 0 Å². The molecule has 0 saturated heterocycles. The molecule has 0 saturated carbocycles. The van der Waals surface area contributed by atoms with E-state index in [0.717, 1.165) is 12.3 Å². The molecular formula is C8H5ClF3NO3. The zero-order valence-electron chi connectivity index (χ0n) is 7.58. The Labute approximate surface area is 92.6 Å². The lowest BCUT2D eigenvalue weighted by molar-refractivity contribution is -0.153. The molecule has 8 heteroatoms. The molecule has 0 aliphatic rings. The normalized spacial score (nSPS) is 11.2. The van der Waals surface area contributed by atoms with Crippen molar-refractivity contribution in [2.75, 3.05) is 6.61 Å². The van der Waals surface area contributed by atoms with Gasteiger partial charge < -0.3 is 9.84 Å². The molecule has 0 amide bonds. The van der Waals surface area contributed by atoms with Crippen LogP contribution in [-0.4, -0.2) is 28.8 Å². The number of ether oxygens (including phenoxy) is 1. The number of alkyl halides is 3. The maximum absolute atomic E-state index is 11.8. The number of nitrogens with zero attached hydrogens (tertiary/aromatic N) is 1. The first-order valence-electron chi connectivity index (χ1n) is 3.88. The van der Waals surface area contributed by atoms with E-state index in [2.05, 4.69) is 9.72 Å². The Kier molecular flexibility index (Phi) is 3.58. The van der Waals surface area contributed by atoms with E-state index in [1.165, 1.54) is 0 Å². The summed E-state index contributed by atoms with van der Waals surface area (Å²) >= 11 is 5.47. The fourth-order valence-corrected chi connectivity index (χ4v) is 1.06. The van der Waals surface area contributed by atoms with Crippen LogP contribution in [0.2, 0.25) is 5.02 Å². The predicted octanol–water partition coefficient (Wildman–Crippen LogP) is 2.37. The Bertz CT molecular complexity index is 408. The summed E-state index contributed by atoms with van der Waals surface area (Å²) in [6.07, 6.45) is -3.61. The third kappa shape index (κ3) is 3.58. The molecule has 0 radical (unpaired) electrons. The van der Waals surface area contributed by atoms with Gasteiger partial charge in [0, 0.05) is 6.07 Å². The highest BCUT2D eigenvalue weighted by Crippen LogP contribution is 2.22. The van der Waals surface area contributed by atoms with Crippen molar-refractivity contribution in [3.63, 3.8) is 0 Å². The van der Waals surface area contributed by atoms with E-state index in [0.29, 0.717) is 0 Å². The number of hydrogen-bond donors (Lipinski definition) is 1. The van der Waals surface area contributed by atoms with Gasteiger partial charge in [0.1, 0.15) is 5.75 Å². The Balaban J connectivity index is 2.78. The van der Waals surface area contributed by atoms with E-state index in [-0.39, 0.29) is 10.8 Å². The molecule has 0 spiro atoms. The van der Waals surface area contributed by atoms with Crippen molar-refractivity contribution in [3.8, 4) is 5.75 Å². The van der Waals surface area contributed by atoms with Gasteiger partial charge in [-0.25, -0.2) is 9.78 Å². The molecule has 88 valence electrons. The minimum atomic E-state index is -4.47. The van der Waals surface area contributed by atoms with Gasteiger partial charge in [0.15, 0.2) is 12.3 Å². The molecular weight excluding hydrogens is 251 g/mol. The molecule has 0 aliphatic carbocycles. The molecule has 1 N–H and O–H groups in total. The number of pyridine rings is 1. The summed E-state index contributed by atoms with van der Waals surface area (Å²) in [5, 5.41) is 8.26. The first-order chi connectivity index (χ1) is 7.29. The third-order valence-electron chi connectivity index (χ3n) is 1.42. The van der Waals surface area contributed by atoms with Crippen LogP contribution in [0.5, 0.6) is 5.75 Å². The van der Waals surface area contributed by atoms with Gasteiger partial charge in [-0.05, 0) is 0 Å². The van der Waals surface area contributed by atoms with Crippen LogP contribution in [0.15, 0.2) is 12.3 Å². The molecule has 1 rings (SSSR count). The summed E-state index contributed by atoms with van der Waals surface area (Å²) in [5.74, 6) is -1.61. The van der Waals surface area contributed by atoms with Crippen LogP contribution >= 0.6 is 11.6 Å². The second-order valence-corrected chi connectivity index (χ2v) is 3.12. The average molecular weight is 256 g/mol. The summed E-state index contributed by atoms with van der Waals surface area (Å²) in [4.78, 5) is 13.8. The molecule has 4 nitrogen and oxygen atoms in total. The van der Waals surface area contributed by atoms with Crippen LogP contribution < -0.4 is 4.74 Å². The Hall–Kier alpha value is -1.50. The Morgan fingerprint density at radius 3 is 2.62 bits per heavy atom. The summed E-state index contributed by atoms with van der Waals surface area (Å²) in [6, 6.07) is 0.962. The summed E-state index contributed by atoms with van der Waals surface area (Å²) < 4.78 is 39.7. The highest BCUT2D eigenvalue weighted by atomic mass is 35.5. The smallest absolute Gasteiger partial charge is 0.422 e. The lowest BCUT2D eigenvalue weighted by atomic mass is 10.3. The molecule has 0 unspecified atom stereocenters. The van der Waals surface area contributed by atoms with Gasteiger partial charge in [-0.3, -0.25) is 0 Å². The Morgan fingerprint density at radius 1 is 1.56 bits per heavy atom. The number of rotatable bonds is 3. The van der Waals surface area contributed by atoms with E-state index in [1.807, 2.05) is 0 Å². The highest BCUT2D eigenvalue weighted by molar-refractivity contribution is 6.33. The SMILES string of the molecule is O=C(O)c1ncc(OCC(F)(F)F)cc1Cl. The predicted molar refractivity (Wildman–Crippen MR) is 47.8 cm³/mol. The van der Waals surface area contributed by atoms with Crippen molar-refractivity contribution in [2.45, 2.75) is 6.18 Å². The van der Waals surface area contributed by atoms with E-state index in [4.69, 9.17) is 16.7 Å². The van der Waals surface area contributed by atoms with Gasteiger partial charge in [0.05, 0.1) is 11.2 Å². The molecule has 0 fully saturated rings. The average Bonchev–Trinajstić information content (AvgIpc) is 2.13. The van der Waals surface area contributed by atoms with Crippen LogP contribution in [0.25, 0.3) is 0 Å². The maximum atomic E-state index is 11.8. The van der Waals surface area contributed by atoms with E-state index in [1.54, 1.807) is 0 Å². The number of carboxylic acid groups (broad SMARTS) is 1. The maximum Gasteiger partial charge on any atom is 0.422 e. The minimum absolute atomic E-state index is 0.243. The second-order valence-electron chi connectivity index (χ2n) is 2.71. The molecule has 1 aromatic rings. The number of carbonyl (C=O) groups is 1. The van der Waals surface area contributed by atoms with Gasteiger partial charge >= 0.3 is 12.1 Å². The van der Waals surface area contributed by atoms with E-state index < -0.39 is 24.4 Å². The quantitative estimate of drug-likeness (QED) is 0.901. The summed E-state index contributed by atoms with van der Waals surface area (Å²) in [5.41, 5.74) is -0.443. The molecule has 1 aromatic heterocycles. The van der Waals surface area contributed by atoms with Crippen molar-refractivity contribution >= 4 is 17.6 Å². The fraction of sp³-hybridized carbons (Fsp3) is 0.250. The topological polar surface area (TPSA) is 59.4 Å². The number of carboxylic acids is 1. The lowest BCUT2D eigenvalue weighted by Crippen LogP contribution is -2.19. The van der Waals surface area contributed by atoms with E-state index >= 15 is 0 Å². The largest absolute Gasteiger partial charge is 0.482 e. The second kappa shape index (κ2) is 4.56. The number of halogens is 4. The Morgan fingerprint density at radius 2 is 2.19 bits per heavy atom. The number of aromatic carboxylic acids is 1. The third-order valence-corrected chi connectivity index (χ3v) is 1.71. The first-order valence-corrected chi connectivity index (χ1v) is 4.26. The van der Waals surface area contributed by atoms with Gasteiger partial charge in [-0.2, -0.15) is 13.2 Å². The van der Waals surface area contributed by atoms with Gasteiger partial charge in [-0.1, -0.05) is 11.6 Å². The molecule has 0 aromatic carbocycles. The molecule has 0 aliphatic heterocycles. The van der Waals surface area contributed by atoms with Crippen LogP contribution in [-0.2, 0) is 0 Å². The van der Waals surface area contributed by atoms with Gasteiger partial charge in [0.2, 0.25) is 0 Å². The van der Waals surface area contributed by atoms with Crippen molar-refractivity contribution < 1.29 is 27.8 Å². The minimum Gasteiger partial charge on any atom is -0.482 e. The van der Waals surface area contributed by atoms with Crippen LogP contribution in [0.3, 0.4) is 0 Å². The highest BCUT2D eigenvalue weighted by Gasteiger charge is 2.28. The lowest BCUT2D eigenvalue weighted by Gasteiger charge is -2.09. The van der Waals surface area contributed by atoms with Crippen molar-refractivity contribution in [2.24, 2.45) is 0 Å². The van der Waals surface area contributed by atoms with Gasteiger partial charge in [0.25, 0.3) is 0 Å². The molecule has 0 bridgehead atoms. The zero-order valence-corrected chi connectivity index (χ0v) is 8.34. The fourth-order valence-electron chi connectivity index (χ4n) is 0.822.